The molecule has 0 bridgehead atoms. The Morgan fingerprint density at radius 3 is 2.32 bits per heavy atom. The van der Waals surface area contributed by atoms with E-state index in [2.05, 4.69) is 10.3 Å². The summed E-state index contributed by atoms with van der Waals surface area (Å²) in [6.45, 7) is 4.45. The van der Waals surface area contributed by atoms with Gasteiger partial charge in [0.2, 0.25) is 5.91 Å². The highest BCUT2D eigenvalue weighted by Gasteiger charge is 2.53. The number of hydrogen-bond donors (Lipinski definition) is 1. The van der Waals surface area contributed by atoms with Crippen LogP contribution in [0.5, 0.6) is 0 Å². The van der Waals surface area contributed by atoms with E-state index in [1.165, 1.54) is 19.3 Å². The maximum Gasteiger partial charge on any atom is 0.331 e. The summed E-state index contributed by atoms with van der Waals surface area (Å²) in [6, 6.07) is 6.17. The smallest absolute Gasteiger partial charge is 0.331 e. The van der Waals surface area contributed by atoms with Gasteiger partial charge in [0.15, 0.2) is 6.04 Å². The molecule has 0 unspecified atom stereocenters. The number of amides is 2. The minimum Gasteiger partial charge on any atom is -0.464 e. The van der Waals surface area contributed by atoms with Gasteiger partial charge >= 0.3 is 5.97 Å². The molecule has 1 aromatic carbocycles. The van der Waals surface area contributed by atoms with Crippen molar-refractivity contribution < 1.29 is 23.9 Å². The van der Waals surface area contributed by atoms with Gasteiger partial charge in [0, 0.05) is 56.6 Å². The zero-order chi connectivity index (χ0) is 27.4. The number of aromatic nitrogens is 1. The van der Waals surface area contributed by atoms with E-state index in [0.717, 1.165) is 5.56 Å². The van der Waals surface area contributed by atoms with Gasteiger partial charge in [-0.05, 0) is 37.5 Å². The number of benzene rings is 1. The standard InChI is InChI=1S/C27H28Cl2N4O5/c1-3-38-26(37)21(32-22-13-23(35)27(22)8-10-33(11-9-27)16(2)34)12-17-4-6-18(7-5-17)31-25(36)24-19(28)14-30-15-20(24)29/h4-7,14-15,21H,3,8-13H2,1-2H3,(H,31,36)/t21-/m0/s1. The molecule has 2 aromatic rings. The van der Waals surface area contributed by atoms with Crippen molar-refractivity contribution >= 4 is 58.2 Å². The van der Waals surface area contributed by atoms with Crippen molar-refractivity contribution in [2.24, 2.45) is 10.4 Å². The third-order valence-corrected chi connectivity index (χ3v) is 7.64. The summed E-state index contributed by atoms with van der Waals surface area (Å²) in [5.41, 5.74) is 1.46. The number of Topliss-reactive ketones (excluding diaryl/α,β-unsaturated/α-hetero) is 1. The van der Waals surface area contributed by atoms with Gasteiger partial charge in [-0.15, -0.1) is 0 Å². The second-order valence-electron chi connectivity index (χ2n) is 9.37. The highest BCUT2D eigenvalue weighted by molar-refractivity contribution is 6.40. The molecule has 1 aliphatic heterocycles. The molecule has 1 aliphatic carbocycles. The van der Waals surface area contributed by atoms with Crippen LogP contribution in [0, 0.1) is 5.41 Å². The summed E-state index contributed by atoms with van der Waals surface area (Å²) in [6.07, 6.45) is 4.19. The van der Waals surface area contributed by atoms with Gasteiger partial charge in [-0.1, -0.05) is 35.3 Å². The topological polar surface area (TPSA) is 118 Å². The average molecular weight is 559 g/mol. The van der Waals surface area contributed by atoms with E-state index in [-0.39, 0.29) is 46.7 Å². The molecule has 1 saturated heterocycles. The van der Waals surface area contributed by atoms with E-state index in [4.69, 9.17) is 32.9 Å². The number of nitrogens with zero attached hydrogens (tertiary/aromatic N) is 3. The predicted octanol–water partition coefficient (Wildman–Crippen LogP) is 4.16. The van der Waals surface area contributed by atoms with Crippen LogP contribution in [0.1, 0.15) is 49.0 Å². The number of carbonyl (C=O) groups is 4. The largest absolute Gasteiger partial charge is 0.464 e. The molecule has 0 radical (unpaired) electrons. The fourth-order valence-corrected chi connectivity index (χ4v) is 5.40. The Bertz CT molecular complexity index is 1270. The number of esters is 1. The Balaban J connectivity index is 1.48. The number of anilines is 1. The highest BCUT2D eigenvalue weighted by atomic mass is 35.5. The molecule has 2 heterocycles. The summed E-state index contributed by atoms with van der Waals surface area (Å²) in [4.78, 5) is 60.1. The lowest BCUT2D eigenvalue weighted by atomic mass is 9.60. The minimum atomic E-state index is -0.810. The number of piperidine rings is 1. The summed E-state index contributed by atoms with van der Waals surface area (Å²) in [5, 5.41) is 3.03. The number of nitrogens with one attached hydrogen (secondary N) is 1. The Labute approximate surface area is 230 Å². The second-order valence-corrected chi connectivity index (χ2v) is 10.2. The number of rotatable bonds is 7. The number of ketones is 1. The summed E-state index contributed by atoms with van der Waals surface area (Å²) >= 11 is 12.1. The normalized spacial score (nSPS) is 18.2. The zero-order valence-corrected chi connectivity index (χ0v) is 22.6. The van der Waals surface area contributed by atoms with Crippen LogP contribution in [0.3, 0.4) is 0 Å². The van der Waals surface area contributed by atoms with Gasteiger partial charge in [-0.25, -0.2) is 4.79 Å². The zero-order valence-electron chi connectivity index (χ0n) is 21.1. The molecule has 1 N–H and O–H groups in total. The summed E-state index contributed by atoms with van der Waals surface area (Å²) < 4.78 is 5.27. The first-order valence-corrected chi connectivity index (χ1v) is 13.1. The van der Waals surface area contributed by atoms with Gasteiger partial charge in [-0.2, -0.15) is 0 Å². The molecule has 1 atom stereocenters. The van der Waals surface area contributed by atoms with Gasteiger partial charge in [0.25, 0.3) is 5.91 Å². The van der Waals surface area contributed by atoms with E-state index >= 15 is 0 Å². The van der Waals surface area contributed by atoms with Crippen LogP contribution in [-0.4, -0.2) is 64.9 Å². The minimum absolute atomic E-state index is 0.0129. The van der Waals surface area contributed by atoms with Gasteiger partial charge in [-0.3, -0.25) is 24.4 Å². The Morgan fingerprint density at radius 1 is 1.13 bits per heavy atom. The SMILES string of the molecule is CCOC(=O)[C@H](Cc1ccc(NC(=O)c2c(Cl)cncc2Cl)cc1)N=C1CC(=O)C12CCN(C(C)=O)CC2. The molecule has 9 nitrogen and oxygen atoms in total. The number of aliphatic imine (C=N–C) groups is 1. The van der Waals surface area contributed by atoms with Gasteiger partial charge in [0.05, 0.1) is 27.6 Å². The quantitative estimate of drug-likeness (QED) is 0.510. The second kappa shape index (κ2) is 11.6. The van der Waals surface area contributed by atoms with Crippen LogP contribution < -0.4 is 5.32 Å². The van der Waals surface area contributed by atoms with Gasteiger partial charge < -0.3 is 15.0 Å². The Hall–Kier alpha value is -3.30. The third-order valence-electron chi connectivity index (χ3n) is 7.07. The van der Waals surface area contributed by atoms with E-state index in [0.29, 0.717) is 37.3 Å². The van der Waals surface area contributed by atoms with Crippen LogP contribution in [-0.2, 0) is 25.5 Å². The predicted molar refractivity (Wildman–Crippen MR) is 144 cm³/mol. The molecule has 2 amide bonds. The summed E-state index contributed by atoms with van der Waals surface area (Å²) in [5.74, 6) is -0.839. The molecule has 4 rings (SSSR count). The lowest BCUT2D eigenvalue weighted by molar-refractivity contribution is -0.144. The molecule has 1 saturated carbocycles. The first-order valence-electron chi connectivity index (χ1n) is 12.4. The van der Waals surface area contributed by atoms with Crippen LogP contribution in [0.25, 0.3) is 0 Å². The summed E-state index contributed by atoms with van der Waals surface area (Å²) in [7, 11) is 0. The first-order chi connectivity index (χ1) is 18.1. The number of halogens is 2. The van der Waals surface area contributed by atoms with Crippen LogP contribution in [0.15, 0.2) is 41.7 Å². The van der Waals surface area contributed by atoms with Crippen molar-refractivity contribution in [3.8, 4) is 0 Å². The monoisotopic (exact) mass is 558 g/mol. The molecule has 38 heavy (non-hydrogen) atoms. The van der Waals surface area contributed by atoms with E-state index in [1.54, 1.807) is 36.1 Å². The number of likely N-dealkylation sites (tertiary alicyclic amines) is 1. The maximum atomic E-state index is 12.8. The average Bonchev–Trinajstić information content (AvgIpc) is 2.89. The van der Waals surface area contributed by atoms with Crippen LogP contribution in [0.2, 0.25) is 10.0 Å². The van der Waals surface area contributed by atoms with Gasteiger partial charge in [0.1, 0.15) is 5.78 Å². The maximum absolute atomic E-state index is 12.8. The van der Waals surface area contributed by atoms with E-state index < -0.39 is 23.3 Å². The Morgan fingerprint density at radius 2 is 1.76 bits per heavy atom. The van der Waals surface area contributed by atoms with Crippen molar-refractivity contribution in [2.75, 3.05) is 25.0 Å². The van der Waals surface area contributed by atoms with Crippen molar-refractivity contribution in [3.63, 3.8) is 0 Å². The van der Waals surface area contributed by atoms with Crippen molar-refractivity contribution in [1.29, 1.82) is 0 Å². The molecule has 2 aliphatic rings. The number of pyridine rings is 1. The highest BCUT2D eigenvalue weighted by Crippen LogP contribution is 2.44. The number of ether oxygens (including phenoxy) is 1. The molecular weight excluding hydrogens is 531 g/mol. The van der Waals surface area contributed by atoms with Crippen LogP contribution in [0.4, 0.5) is 5.69 Å². The fraction of sp³-hybridized carbons (Fsp3) is 0.407. The van der Waals surface area contributed by atoms with Crippen molar-refractivity contribution in [1.82, 2.24) is 9.88 Å². The van der Waals surface area contributed by atoms with Crippen molar-refractivity contribution in [2.45, 2.75) is 45.6 Å². The lowest BCUT2D eigenvalue weighted by Gasteiger charge is -2.47. The van der Waals surface area contributed by atoms with E-state index in [1.807, 2.05) is 0 Å². The molecule has 1 aromatic heterocycles. The van der Waals surface area contributed by atoms with E-state index in [9.17, 15) is 19.2 Å². The van der Waals surface area contributed by atoms with Crippen molar-refractivity contribution in [3.05, 3.63) is 57.8 Å². The molecule has 200 valence electrons. The molecular formula is C27H28Cl2N4O5. The fourth-order valence-electron chi connectivity index (χ4n) is 4.86. The molecule has 2 fully saturated rings. The molecule has 11 heteroatoms. The Kier molecular flexibility index (Phi) is 8.47. The molecule has 1 spiro atoms. The number of carbonyl (C=O) groups excluding carboxylic acids is 4. The first kappa shape index (κ1) is 27.7. The number of hydrogen-bond acceptors (Lipinski definition) is 7. The lowest BCUT2D eigenvalue weighted by Crippen LogP contribution is -2.57. The van der Waals surface area contributed by atoms with Crippen LogP contribution >= 0.6 is 23.2 Å². The third kappa shape index (κ3) is 5.73.